The topological polar surface area (TPSA) is 85.7 Å². The molecule has 1 aromatic rings. The molecule has 7 nitrogen and oxygen atoms in total. The highest BCUT2D eigenvalue weighted by Gasteiger charge is 2.21. The quantitative estimate of drug-likeness (QED) is 0.450. The fourth-order valence-electron chi connectivity index (χ4n) is 1.98. The average Bonchev–Trinajstić information content (AvgIpc) is 2.46. The van der Waals surface area contributed by atoms with Gasteiger partial charge in [0.1, 0.15) is 18.9 Å². The van der Waals surface area contributed by atoms with E-state index in [1.165, 1.54) is 6.07 Å². The van der Waals surface area contributed by atoms with Gasteiger partial charge in [0.2, 0.25) is 0 Å². The van der Waals surface area contributed by atoms with Gasteiger partial charge in [0.05, 0.1) is 11.0 Å². The fourth-order valence-corrected chi connectivity index (χ4v) is 1.98. The van der Waals surface area contributed by atoms with Crippen LogP contribution in [-0.4, -0.2) is 37.8 Å². The number of nitrogens with zero attached hydrogens (tertiary/aromatic N) is 1. The molecule has 0 atom stereocenters. The van der Waals surface area contributed by atoms with Gasteiger partial charge in [0, 0.05) is 12.6 Å². The van der Waals surface area contributed by atoms with Crippen LogP contribution in [0.2, 0.25) is 0 Å². The van der Waals surface area contributed by atoms with Gasteiger partial charge >= 0.3 is 0 Å². The number of ether oxygens (including phenoxy) is 2. The molecule has 2 rings (SSSR count). The van der Waals surface area contributed by atoms with Gasteiger partial charge in [0.25, 0.3) is 5.69 Å². The lowest BCUT2D eigenvalue weighted by atomic mass is 10.2. The molecule has 1 aliphatic rings. The molecule has 0 aromatic heterocycles. The molecule has 0 fully saturated rings. The molecule has 1 aromatic carbocycles. The van der Waals surface area contributed by atoms with Crippen LogP contribution in [-0.2, 0) is 0 Å². The van der Waals surface area contributed by atoms with Gasteiger partial charge in [-0.05, 0) is 19.5 Å². The van der Waals surface area contributed by atoms with E-state index in [-0.39, 0.29) is 5.69 Å². The van der Waals surface area contributed by atoms with E-state index in [0.717, 1.165) is 19.5 Å². The predicted molar refractivity (Wildman–Crippen MR) is 75.7 cm³/mol. The SMILES string of the molecule is CCNCCCNc1cc2c(cc1[N+](=O)[O-])OCCO2. The summed E-state index contributed by atoms with van der Waals surface area (Å²) in [6.45, 7) is 5.38. The minimum atomic E-state index is -0.412. The summed E-state index contributed by atoms with van der Waals surface area (Å²) < 4.78 is 10.8. The third-order valence-corrected chi connectivity index (χ3v) is 2.95. The summed E-state index contributed by atoms with van der Waals surface area (Å²) in [6.07, 6.45) is 0.888. The second-order valence-corrected chi connectivity index (χ2v) is 4.40. The molecule has 1 heterocycles. The first-order valence-electron chi connectivity index (χ1n) is 6.75. The summed E-state index contributed by atoms with van der Waals surface area (Å²) in [5.74, 6) is 0.984. The lowest BCUT2D eigenvalue weighted by molar-refractivity contribution is -0.384. The Hall–Kier alpha value is -2.02. The highest BCUT2D eigenvalue weighted by atomic mass is 16.6. The predicted octanol–water partition coefficient (Wildman–Crippen LogP) is 1.78. The number of hydrogen-bond acceptors (Lipinski definition) is 6. The number of fused-ring (bicyclic) bond motifs is 1. The van der Waals surface area contributed by atoms with Crippen LogP contribution in [0, 0.1) is 10.1 Å². The van der Waals surface area contributed by atoms with Crippen molar-refractivity contribution in [2.75, 3.05) is 38.2 Å². The van der Waals surface area contributed by atoms with E-state index in [2.05, 4.69) is 10.6 Å². The van der Waals surface area contributed by atoms with Crippen molar-refractivity contribution in [3.63, 3.8) is 0 Å². The minimum absolute atomic E-state index is 0.0118. The Kier molecular flexibility index (Phi) is 5.00. The van der Waals surface area contributed by atoms with Crippen molar-refractivity contribution in [1.82, 2.24) is 5.32 Å². The first-order chi connectivity index (χ1) is 9.72. The zero-order chi connectivity index (χ0) is 14.4. The number of benzene rings is 1. The van der Waals surface area contributed by atoms with Crippen molar-refractivity contribution < 1.29 is 14.4 Å². The molecule has 0 saturated carbocycles. The zero-order valence-electron chi connectivity index (χ0n) is 11.5. The Morgan fingerprint density at radius 3 is 2.60 bits per heavy atom. The van der Waals surface area contributed by atoms with E-state index in [1.54, 1.807) is 6.07 Å². The maximum atomic E-state index is 11.1. The summed E-state index contributed by atoms with van der Waals surface area (Å²) in [4.78, 5) is 10.7. The van der Waals surface area contributed by atoms with Crippen LogP contribution in [0.3, 0.4) is 0 Å². The van der Waals surface area contributed by atoms with E-state index >= 15 is 0 Å². The minimum Gasteiger partial charge on any atom is -0.486 e. The van der Waals surface area contributed by atoms with Gasteiger partial charge in [-0.2, -0.15) is 0 Å². The van der Waals surface area contributed by atoms with Gasteiger partial charge in [-0.25, -0.2) is 0 Å². The van der Waals surface area contributed by atoms with E-state index in [9.17, 15) is 10.1 Å². The second-order valence-electron chi connectivity index (χ2n) is 4.40. The molecule has 0 aliphatic carbocycles. The maximum absolute atomic E-state index is 11.1. The van der Waals surface area contributed by atoms with Crippen molar-refractivity contribution in [3.8, 4) is 11.5 Å². The average molecular weight is 281 g/mol. The van der Waals surface area contributed by atoms with E-state index in [0.29, 0.717) is 36.9 Å². The molecule has 0 saturated heterocycles. The summed E-state index contributed by atoms with van der Waals surface area (Å²) in [5, 5.41) is 17.4. The Morgan fingerprint density at radius 2 is 1.95 bits per heavy atom. The third-order valence-electron chi connectivity index (χ3n) is 2.95. The van der Waals surface area contributed by atoms with Crippen molar-refractivity contribution in [2.45, 2.75) is 13.3 Å². The molecule has 0 spiro atoms. The van der Waals surface area contributed by atoms with Crippen LogP contribution in [0.25, 0.3) is 0 Å². The fraction of sp³-hybridized carbons (Fsp3) is 0.538. The van der Waals surface area contributed by atoms with E-state index in [1.807, 2.05) is 6.92 Å². The van der Waals surface area contributed by atoms with Crippen molar-refractivity contribution in [3.05, 3.63) is 22.2 Å². The maximum Gasteiger partial charge on any atom is 0.296 e. The van der Waals surface area contributed by atoms with Gasteiger partial charge < -0.3 is 20.1 Å². The summed E-state index contributed by atoms with van der Waals surface area (Å²) in [7, 11) is 0. The summed E-state index contributed by atoms with van der Waals surface area (Å²) >= 11 is 0. The van der Waals surface area contributed by atoms with Crippen molar-refractivity contribution in [1.29, 1.82) is 0 Å². The van der Waals surface area contributed by atoms with E-state index in [4.69, 9.17) is 9.47 Å². The van der Waals surface area contributed by atoms with Crippen LogP contribution in [0.15, 0.2) is 12.1 Å². The number of hydrogen-bond donors (Lipinski definition) is 2. The monoisotopic (exact) mass is 281 g/mol. The molecule has 7 heteroatoms. The Labute approximate surface area is 117 Å². The molecular weight excluding hydrogens is 262 g/mol. The highest BCUT2D eigenvalue weighted by molar-refractivity contribution is 5.68. The standard InChI is InChI=1S/C13H19N3O4/c1-2-14-4-3-5-15-10-8-12-13(20-7-6-19-12)9-11(10)16(17)18/h8-9,14-15H,2-7H2,1H3. The molecule has 0 amide bonds. The van der Waals surface area contributed by atoms with Crippen LogP contribution >= 0.6 is 0 Å². The van der Waals surface area contributed by atoms with Gasteiger partial charge in [-0.1, -0.05) is 6.92 Å². The molecule has 110 valence electrons. The van der Waals surface area contributed by atoms with Gasteiger partial charge in [0.15, 0.2) is 11.5 Å². The van der Waals surface area contributed by atoms with Crippen LogP contribution < -0.4 is 20.1 Å². The molecule has 0 radical (unpaired) electrons. The molecule has 1 aliphatic heterocycles. The first kappa shape index (κ1) is 14.4. The lowest BCUT2D eigenvalue weighted by Gasteiger charge is -2.19. The first-order valence-corrected chi connectivity index (χ1v) is 6.75. The summed E-state index contributed by atoms with van der Waals surface area (Å²) in [5.41, 5.74) is 0.480. The zero-order valence-corrected chi connectivity index (χ0v) is 11.5. The number of rotatable bonds is 7. The van der Waals surface area contributed by atoms with Crippen molar-refractivity contribution in [2.24, 2.45) is 0 Å². The molecule has 20 heavy (non-hydrogen) atoms. The molecule has 0 unspecified atom stereocenters. The van der Waals surface area contributed by atoms with Crippen LogP contribution in [0.4, 0.5) is 11.4 Å². The Morgan fingerprint density at radius 1 is 1.25 bits per heavy atom. The van der Waals surface area contributed by atoms with Crippen LogP contribution in [0.5, 0.6) is 11.5 Å². The number of nitrogens with one attached hydrogen (secondary N) is 2. The van der Waals surface area contributed by atoms with Gasteiger partial charge in [-0.15, -0.1) is 0 Å². The molecule has 2 N–H and O–H groups in total. The summed E-state index contributed by atoms with van der Waals surface area (Å²) in [6, 6.07) is 3.06. The number of nitro groups is 1. The third kappa shape index (κ3) is 3.51. The number of anilines is 1. The second kappa shape index (κ2) is 6.95. The van der Waals surface area contributed by atoms with Crippen LogP contribution in [0.1, 0.15) is 13.3 Å². The lowest BCUT2D eigenvalue weighted by Crippen LogP contribution is -2.18. The number of nitro benzene ring substituents is 1. The largest absolute Gasteiger partial charge is 0.486 e. The molecular formula is C13H19N3O4. The normalized spacial score (nSPS) is 13.1. The molecule has 0 bridgehead atoms. The van der Waals surface area contributed by atoms with Gasteiger partial charge in [-0.3, -0.25) is 10.1 Å². The Balaban J connectivity index is 2.07. The smallest absolute Gasteiger partial charge is 0.296 e. The van der Waals surface area contributed by atoms with E-state index < -0.39 is 4.92 Å². The van der Waals surface area contributed by atoms with Crippen molar-refractivity contribution >= 4 is 11.4 Å². The Bertz CT molecular complexity index is 479. The highest BCUT2D eigenvalue weighted by Crippen LogP contribution is 2.39.